The minimum absolute atomic E-state index is 0. The highest BCUT2D eigenvalue weighted by Crippen LogP contribution is 2.04. The fourth-order valence-electron chi connectivity index (χ4n) is 0.691. The first kappa shape index (κ1) is 15.7. The van der Waals surface area contributed by atoms with Crippen LogP contribution in [-0.2, 0) is 4.79 Å². The molecule has 8 nitrogen and oxygen atoms in total. The third-order valence-corrected chi connectivity index (χ3v) is 1.55. The zero-order valence-corrected chi connectivity index (χ0v) is 7.24. The van der Waals surface area contributed by atoms with Crippen molar-refractivity contribution in [3.8, 4) is 0 Å². The van der Waals surface area contributed by atoms with Crippen LogP contribution < -0.4 is 5.73 Å². The fourth-order valence-corrected chi connectivity index (χ4v) is 0.691. The minimum Gasteiger partial charge on any atom is -0.412 e. The summed E-state index contributed by atoms with van der Waals surface area (Å²) < 4.78 is 0. The van der Waals surface area contributed by atoms with Crippen molar-refractivity contribution < 1.29 is 35.8 Å². The lowest BCUT2D eigenvalue weighted by Gasteiger charge is -2.23. The zero-order valence-electron chi connectivity index (χ0n) is 7.24. The first-order chi connectivity index (χ1) is 5.91. The molecule has 0 heterocycles. The normalized spacial score (nSPS) is 18.9. The van der Waals surface area contributed by atoms with E-state index in [0.29, 0.717) is 0 Å². The molecule has 0 saturated carbocycles. The van der Waals surface area contributed by atoms with Gasteiger partial charge in [0.25, 0.3) is 0 Å². The van der Waals surface area contributed by atoms with Gasteiger partial charge >= 0.3 is 0 Å². The fraction of sp³-hybridized carbons (Fsp3) is 0.833. The van der Waals surface area contributed by atoms with Crippen LogP contribution in [0.2, 0.25) is 0 Å². The summed E-state index contributed by atoms with van der Waals surface area (Å²) in [6.45, 7) is -0.802. The van der Waals surface area contributed by atoms with Crippen LogP contribution in [0, 0.1) is 0 Å². The Bertz CT molecular complexity index is 176. The second kappa shape index (κ2) is 6.65. The molecular formula is C6H15NO7. The van der Waals surface area contributed by atoms with Crippen LogP contribution in [0.4, 0.5) is 0 Å². The predicted octanol–water partition coefficient (Wildman–Crippen LogP) is -4.92. The number of rotatable bonds is 5. The maximum absolute atomic E-state index is 10.3. The van der Waals surface area contributed by atoms with Crippen LogP contribution in [0.5, 0.6) is 0 Å². The number of aliphatic hydroxyl groups is 5. The van der Waals surface area contributed by atoms with E-state index in [0.717, 1.165) is 0 Å². The Kier molecular flexibility index (Phi) is 7.45. The Balaban J connectivity index is 0. The number of carbonyl (C=O) groups excluding carboxylic acids is 1. The lowest BCUT2D eigenvalue weighted by atomic mass is 10.0. The lowest BCUT2D eigenvalue weighted by Crippen LogP contribution is -2.50. The zero-order chi connectivity index (χ0) is 10.6. The van der Waals surface area contributed by atoms with Crippen LogP contribution in [0.25, 0.3) is 0 Å². The molecule has 0 radical (unpaired) electrons. The van der Waals surface area contributed by atoms with E-state index in [4.69, 9.17) is 25.5 Å². The molecule has 4 atom stereocenters. The van der Waals surface area contributed by atoms with Crippen molar-refractivity contribution in [2.75, 3.05) is 6.61 Å². The molecule has 0 aromatic carbocycles. The lowest BCUT2D eigenvalue weighted by molar-refractivity contribution is -0.146. The Morgan fingerprint density at radius 1 is 1.14 bits per heavy atom. The maximum Gasteiger partial charge on any atom is 0.249 e. The summed E-state index contributed by atoms with van der Waals surface area (Å²) in [5, 5.41) is 44.0. The Hall–Kier alpha value is -0.770. The van der Waals surface area contributed by atoms with Crippen molar-refractivity contribution >= 4 is 5.91 Å². The first-order valence-corrected chi connectivity index (χ1v) is 3.54. The summed E-state index contributed by atoms with van der Waals surface area (Å²) in [4.78, 5) is 10.3. The molecule has 0 aliphatic heterocycles. The van der Waals surface area contributed by atoms with E-state index in [1.54, 1.807) is 0 Å². The highest BCUT2D eigenvalue weighted by Gasteiger charge is 2.32. The smallest absolute Gasteiger partial charge is 0.249 e. The van der Waals surface area contributed by atoms with Gasteiger partial charge in [0.05, 0.1) is 6.61 Å². The topological polar surface area (TPSA) is 176 Å². The van der Waals surface area contributed by atoms with Gasteiger partial charge in [-0.3, -0.25) is 4.79 Å². The molecule has 0 bridgehead atoms. The first-order valence-electron chi connectivity index (χ1n) is 3.54. The summed E-state index contributed by atoms with van der Waals surface area (Å²) in [7, 11) is 0. The number of carbonyl (C=O) groups is 1. The molecule has 0 rings (SSSR count). The maximum atomic E-state index is 10.3. The molecule has 0 saturated heterocycles. The Morgan fingerprint density at radius 2 is 1.57 bits per heavy atom. The van der Waals surface area contributed by atoms with Gasteiger partial charge in [-0.15, -0.1) is 0 Å². The van der Waals surface area contributed by atoms with Gasteiger partial charge in [0, 0.05) is 0 Å². The van der Waals surface area contributed by atoms with Crippen molar-refractivity contribution in [2.24, 2.45) is 5.73 Å². The van der Waals surface area contributed by atoms with E-state index < -0.39 is 36.9 Å². The van der Waals surface area contributed by atoms with E-state index in [2.05, 4.69) is 5.73 Å². The van der Waals surface area contributed by atoms with E-state index in [1.165, 1.54) is 0 Å². The molecule has 0 aromatic rings. The number of aliphatic hydroxyl groups excluding tert-OH is 5. The van der Waals surface area contributed by atoms with Crippen LogP contribution in [0.3, 0.4) is 0 Å². The van der Waals surface area contributed by atoms with E-state index in [1.807, 2.05) is 0 Å². The average molecular weight is 213 g/mol. The minimum atomic E-state index is -1.98. The number of hydrogen-bond acceptors (Lipinski definition) is 6. The summed E-state index contributed by atoms with van der Waals surface area (Å²) >= 11 is 0. The van der Waals surface area contributed by atoms with Crippen LogP contribution in [0.15, 0.2) is 0 Å². The monoisotopic (exact) mass is 213 g/mol. The molecule has 9 N–H and O–H groups in total. The SMILES string of the molecule is NC(=O)[C@H](O)[C@@H](O)[C@H](O)[C@H](O)CO.O. The van der Waals surface area contributed by atoms with Gasteiger partial charge in [-0.1, -0.05) is 0 Å². The van der Waals surface area contributed by atoms with Gasteiger partial charge in [-0.05, 0) is 0 Å². The molecule has 14 heavy (non-hydrogen) atoms. The van der Waals surface area contributed by atoms with Crippen molar-refractivity contribution in [3.05, 3.63) is 0 Å². The third-order valence-electron chi connectivity index (χ3n) is 1.55. The molecule has 0 spiro atoms. The highest BCUT2D eigenvalue weighted by molar-refractivity contribution is 5.79. The van der Waals surface area contributed by atoms with Crippen LogP contribution in [0.1, 0.15) is 0 Å². The van der Waals surface area contributed by atoms with E-state index in [-0.39, 0.29) is 5.48 Å². The Labute approximate surface area is 79.5 Å². The second-order valence-electron chi connectivity index (χ2n) is 2.58. The summed E-state index contributed by atoms with van der Waals surface area (Å²) in [5.74, 6) is -1.23. The van der Waals surface area contributed by atoms with Gasteiger partial charge in [-0.2, -0.15) is 0 Å². The largest absolute Gasteiger partial charge is 0.412 e. The van der Waals surface area contributed by atoms with Crippen LogP contribution in [-0.4, -0.2) is 67.9 Å². The number of primary amides is 1. The van der Waals surface area contributed by atoms with Gasteiger partial charge < -0.3 is 36.7 Å². The molecule has 1 amide bonds. The predicted molar refractivity (Wildman–Crippen MR) is 43.9 cm³/mol. The summed E-state index contributed by atoms with van der Waals surface area (Å²) in [6, 6.07) is 0. The van der Waals surface area contributed by atoms with Gasteiger partial charge in [0.15, 0.2) is 6.10 Å². The van der Waals surface area contributed by atoms with Gasteiger partial charge in [-0.25, -0.2) is 0 Å². The van der Waals surface area contributed by atoms with Crippen molar-refractivity contribution in [2.45, 2.75) is 24.4 Å². The molecule has 0 aliphatic rings. The molecule has 86 valence electrons. The van der Waals surface area contributed by atoms with Crippen molar-refractivity contribution in [1.29, 1.82) is 0 Å². The second-order valence-corrected chi connectivity index (χ2v) is 2.58. The van der Waals surface area contributed by atoms with Crippen molar-refractivity contribution in [1.82, 2.24) is 0 Å². The van der Waals surface area contributed by atoms with E-state index >= 15 is 0 Å². The summed E-state index contributed by atoms with van der Waals surface area (Å²) in [6.07, 6.45) is -7.35. The molecule has 0 aliphatic carbocycles. The van der Waals surface area contributed by atoms with Crippen LogP contribution >= 0.6 is 0 Å². The quantitative estimate of drug-likeness (QED) is 0.266. The third kappa shape index (κ3) is 3.96. The van der Waals surface area contributed by atoms with Gasteiger partial charge in [0.1, 0.15) is 18.3 Å². The molecule has 8 heteroatoms. The van der Waals surface area contributed by atoms with Crippen molar-refractivity contribution in [3.63, 3.8) is 0 Å². The number of nitrogens with two attached hydrogens (primary N) is 1. The average Bonchev–Trinajstić information content (AvgIpc) is 2.12. The van der Waals surface area contributed by atoms with Gasteiger partial charge in [0.2, 0.25) is 5.91 Å². The molecular weight excluding hydrogens is 198 g/mol. The number of hydrogen-bond donors (Lipinski definition) is 6. The number of amides is 1. The summed E-state index contributed by atoms with van der Waals surface area (Å²) in [5.41, 5.74) is 4.61. The molecule has 0 fully saturated rings. The molecule has 0 aromatic heterocycles. The molecule has 0 unspecified atom stereocenters. The highest BCUT2D eigenvalue weighted by atomic mass is 16.4. The standard InChI is InChI=1S/C6H13NO6.H2O/c7-6(13)5(12)4(11)3(10)2(9)1-8;/h2-5,8-12H,1H2,(H2,7,13);1H2/t2-,3-,4+,5-;/m1./s1. The Morgan fingerprint density at radius 3 is 1.86 bits per heavy atom. The van der Waals surface area contributed by atoms with E-state index in [9.17, 15) is 4.79 Å².